The van der Waals surface area contributed by atoms with Crippen LogP contribution < -0.4 is 5.32 Å². The number of aryl methyl sites for hydroxylation is 1. The average molecular weight is 421 g/mol. The van der Waals surface area contributed by atoms with Gasteiger partial charge in [0.25, 0.3) is 5.91 Å². The van der Waals surface area contributed by atoms with Gasteiger partial charge in [-0.25, -0.2) is 13.2 Å². The number of esters is 1. The van der Waals surface area contributed by atoms with Gasteiger partial charge in [-0.05, 0) is 44.0 Å². The van der Waals surface area contributed by atoms with Crippen LogP contribution in [0.2, 0.25) is 0 Å². The van der Waals surface area contributed by atoms with E-state index in [-0.39, 0.29) is 16.3 Å². The third-order valence-corrected chi connectivity index (χ3v) is 6.44. The lowest BCUT2D eigenvalue weighted by Gasteiger charge is -2.19. The van der Waals surface area contributed by atoms with Crippen LogP contribution in [-0.4, -0.2) is 49.5 Å². The molecule has 2 heterocycles. The molecule has 10 heteroatoms. The highest BCUT2D eigenvalue weighted by Gasteiger charge is 2.25. The molecule has 1 saturated heterocycles. The number of benzene rings is 1. The summed E-state index contributed by atoms with van der Waals surface area (Å²) in [6, 6.07) is 7.06. The Morgan fingerprint density at radius 1 is 1.14 bits per heavy atom. The monoisotopic (exact) mass is 421 g/mol. The number of nitrogens with one attached hydrogen (secondary N) is 1. The van der Waals surface area contributed by atoms with Crippen LogP contribution in [0.15, 0.2) is 39.8 Å². The van der Waals surface area contributed by atoms with E-state index >= 15 is 0 Å². The summed E-state index contributed by atoms with van der Waals surface area (Å²) in [7, 11) is -3.58. The average Bonchev–Trinajstić information content (AvgIpc) is 2.94. The molecule has 1 N–H and O–H groups in total. The van der Waals surface area contributed by atoms with Crippen molar-refractivity contribution in [1.29, 1.82) is 0 Å². The third-order valence-electron chi connectivity index (χ3n) is 4.52. The molecule has 0 atom stereocenters. The van der Waals surface area contributed by atoms with Crippen LogP contribution in [-0.2, 0) is 19.6 Å². The first-order valence-corrected chi connectivity index (χ1v) is 10.8. The van der Waals surface area contributed by atoms with E-state index in [1.165, 1.54) is 34.6 Å². The number of ether oxygens (including phenoxy) is 1. The minimum Gasteiger partial charge on any atom is -0.452 e. The summed E-state index contributed by atoms with van der Waals surface area (Å²) < 4.78 is 36.8. The number of anilines is 1. The smallest absolute Gasteiger partial charge is 0.338 e. The Hall–Kier alpha value is -2.72. The van der Waals surface area contributed by atoms with Gasteiger partial charge in [0.1, 0.15) is 5.76 Å². The van der Waals surface area contributed by atoms with Crippen LogP contribution in [0, 0.1) is 6.92 Å². The fourth-order valence-electron chi connectivity index (χ4n) is 3.01. The Kier molecular flexibility index (Phi) is 6.65. The molecule has 3 rings (SSSR count). The molecule has 1 aromatic heterocycles. The molecule has 0 bridgehead atoms. The summed E-state index contributed by atoms with van der Waals surface area (Å²) in [4.78, 5) is 24.0. The van der Waals surface area contributed by atoms with Crippen molar-refractivity contribution in [3.8, 4) is 0 Å². The van der Waals surface area contributed by atoms with Crippen molar-refractivity contribution in [2.24, 2.45) is 0 Å². The second kappa shape index (κ2) is 9.19. The summed E-state index contributed by atoms with van der Waals surface area (Å²) in [5.74, 6) is -0.527. The van der Waals surface area contributed by atoms with E-state index in [1.54, 1.807) is 6.92 Å². The quantitative estimate of drug-likeness (QED) is 0.711. The molecule has 0 spiro atoms. The van der Waals surface area contributed by atoms with Gasteiger partial charge in [0.2, 0.25) is 10.0 Å². The molecule has 0 radical (unpaired) electrons. The summed E-state index contributed by atoms with van der Waals surface area (Å²) in [5, 5.41) is 6.04. The molecule has 1 amide bonds. The lowest BCUT2D eigenvalue weighted by atomic mass is 10.2. The fraction of sp³-hybridized carbons (Fsp3) is 0.421. The van der Waals surface area contributed by atoms with Gasteiger partial charge in [0.15, 0.2) is 12.4 Å². The van der Waals surface area contributed by atoms with Crippen LogP contribution in [0.25, 0.3) is 0 Å². The zero-order valence-electron chi connectivity index (χ0n) is 16.1. The molecular formula is C19H23N3O6S. The van der Waals surface area contributed by atoms with Crippen LogP contribution in [0.4, 0.5) is 5.82 Å². The van der Waals surface area contributed by atoms with E-state index in [4.69, 9.17) is 9.26 Å². The minimum atomic E-state index is -3.58. The van der Waals surface area contributed by atoms with Crippen LogP contribution >= 0.6 is 0 Å². The van der Waals surface area contributed by atoms with Gasteiger partial charge >= 0.3 is 5.97 Å². The molecular weight excluding hydrogens is 398 g/mol. The van der Waals surface area contributed by atoms with Crippen molar-refractivity contribution in [1.82, 2.24) is 9.46 Å². The zero-order chi connectivity index (χ0) is 20.9. The van der Waals surface area contributed by atoms with E-state index in [9.17, 15) is 18.0 Å². The standard InChI is InChI=1S/C19H23N3O6S/c1-14-12-17(21-28-14)20-18(23)13-27-19(24)15-6-8-16(9-7-15)29(25,26)22-10-4-2-3-5-11-22/h6-9,12H,2-5,10-11,13H2,1H3,(H,20,21,23). The lowest BCUT2D eigenvalue weighted by Crippen LogP contribution is -2.31. The fourth-order valence-corrected chi connectivity index (χ4v) is 4.53. The second-order valence-corrected chi connectivity index (χ2v) is 8.73. The van der Waals surface area contributed by atoms with E-state index in [1.807, 2.05) is 0 Å². The number of amides is 1. The van der Waals surface area contributed by atoms with E-state index in [2.05, 4.69) is 10.5 Å². The molecule has 0 aliphatic carbocycles. The van der Waals surface area contributed by atoms with Gasteiger partial charge in [-0.3, -0.25) is 4.79 Å². The zero-order valence-corrected chi connectivity index (χ0v) is 16.9. The Labute approximate surface area is 169 Å². The summed E-state index contributed by atoms with van der Waals surface area (Å²) in [6.45, 7) is 2.19. The molecule has 29 heavy (non-hydrogen) atoms. The van der Waals surface area contributed by atoms with Crippen LogP contribution in [0.1, 0.15) is 41.8 Å². The maximum absolute atomic E-state index is 12.8. The normalized spacial score (nSPS) is 15.5. The van der Waals surface area contributed by atoms with Crippen molar-refractivity contribution < 1.29 is 27.3 Å². The predicted molar refractivity (Wildman–Crippen MR) is 104 cm³/mol. The number of nitrogens with zero attached hydrogens (tertiary/aromatic N) is 2. The van der Waals surface area contributed by atoms with Gasteiger partial charge in [-0.1, -0.05) is 18.0 Å². The largest absolute Gasteiger partial charge is 0.452 e. The van der Waals surface area contributed by atoms with Gasteiger partial charge in [0.05, 0.1) is 10.5 Å². The highest BCUT2D eigenvalue weighted by Crippen LogP contribution is 2.21. The van der Waals surface area contributed by atoms with Gasteiger partial charge < -0.3 is 14.6 Å². The molecule has 1 fully saturated rings. The molecule has 1 aliphatic rings. The second-order valence-electron chi connectivity index (χ2n) is 6.79. The minimum absolute atomic E-state index is 0.134. The first-order valence-electron chi connectivity index (χ1n) is 9.37. The van der Waals surface area contributed by atoms with E-state index in [0.29, 0.717) is 18.8 Å². The van der Waals surface area contributed by atoms with E-state index in [0.717, 1.165) is 25.7 Å². The Bertz CT molecular complexity index is 960. The predicted octanol–water partition coefficient (Wildman–Crippen LogP) is 2.34. The Balaban J connectivity index is 1.57. The van der Waals surface area contributed by atoms with Crippen molar-refractivity contribution in [3.63, 3.8) is 0 Å². The van der Waals surface area contributed by atoms with Gasteiger partial charge in [0, 0.05) is 19.2 Å². The number of hydrogen-bond acceptors (Lipinski definition) is 7. The number of rotatable bonds is 6. The highest BCUT2D eigenvalue weighted by atomic mass is 32.2. The van der Waals surface area contributed by atoms with Crippen LogP contribution in [0.3, 0.4) is 0 Å². The SMILES string of the molecule is Cc1cc(NC(=O)COC(=O)c2ccc(S(=O)(=O)N3CCCCCC3)cc2)no1. The Morgan fingerprint density at radius 2 is 1.79 bits per heavy atom. The van der Waals surface area contributed by atoms with Crippen molar-refractivity contribution >= 4 is 27.7 Å². The highest BCUT2D eigenvalue weighted by molar-refractivity contribution is 7.89. The molecule has 1 aliphatic heterocycles. The van der Waals surface area contributed by atoms with Crippen molar-refractivity contribution in [2.45, 2.75) is 37.5 Å². The van der Waals surface area contributed by atoms with Crippen LogP contribution in [0.5, 0.6) is 0 Å². The summed E-state index contributed by atoms with van der Waals surface area (Å²) in [6.07, 6.45) is 3.75. The molecule has 2 aromatic rings. The van der Waals surface area contributed by atoms with E-state index < -0.39 is 28.5 Å². The molecule has 156 valence electrons. The maximum Gasteiger partial charge on any atom is 0.338 e. The molecule has 0 saturated carbocycles. The molecule has 9 nitrogen and oxygen atoms in total. The summed E-state index contributed by atoms with van der Waals surface area (Å²) in [5.41, 5.74) is 0.157. The topological polar surface area (TPSA) is 119 Å². The number of hydrogen-bond donors (Lipinski definition) is 1. The maximum atomic E-state index is 12.8. The Morgan fingerprint density at radius 3 is 2.38 bits per heavy atom. The summed E-state index contributed by atoms with van der Waals surface area (Å²) >= 11 is 0. The van der Waals surface area contributed by atoms with Crippen molar-refractivity contribution in [2.75, 3.05) is 25.0 Å². The third kappa shape index (κ3) is 5.42. The van der Waals surface area contributed by atoms with Crippen molar-refractivity contribution in [3.05, 3.63) is 41.7 Å². The first-order chi connectivity index (χ1) is 13.9. The van der Waals surface area contributed by atoms with Gasteiger partial charge in [-0.2, -0.15) is 4.31 Å². The number of sulfonamides is 1. The number of carbonyl (C=O) groups is 2. The van der Waals surface area contributed by atoms with Gasteiger partial charge in [-0.15, -0.1) is 0 Å². The number of carbonyl (C=O) groups excluding carboxylic acids is 2. The number of aromatic nitrogens is 1. The lowest BCUT2D eigenvalue weighted by molar-refractivity contribution is -0.119. The molecule has 1 aromatic carbocycles. The first kappa shape index (κ1) is 21.0. The molecule has 0 unspecified atom stereocenters.